The first kappa shape index (κ1) is 19.5. The van der Waals surface area contributed by atoms with Crippen LogP contribution in [0.4, 0.5) is 5.69 Å². The summed E-state index contributed by atoms with van der Waals surface area (Å²) < 4.78 is 6.28. The van der Waals surface area contributed by atoms with E-state index in [-0.39, 0.29) is 11.8 Å². The second-order valence-corrected chi connectivity index (χ2v) is 8.33. The van der Waals surface area contributed by atoms with E-state index in [0.29, 0.717) is 0 Å². The van der Waals surface area contributed by atoms with Gasteiger partial charge in [-0.3, -0.25) is 4.79 Å². The van der Waals surface area contributed by atoms with Gasteiger partial charge in [0.15, 0.2) is 5.75 Å². The molecule has 152 valence electrons. The highest BCUT2D eigenvalue weighted by Gasteiger charge is 2.26. The molecule has 2 aromatic rings. The molecule has 0 N–H and O–H groups in total. The van der Waals surface area contributed by atoms with Crippen LogP contribution >= 0.6 is 0 Å². The molecule has 1 fully saturated rings. The van der Waals surface area contributed by atoms with Gasteiger partial charge >= 0.3 is 0 Å². The van der Waals surface area contributed by atoms with E-state index in [0.717, 1.165) is 66.7 Å². The van der Waals surface area contributed by atoms with E-state index in [9.17, 15) is 4.79 Å². The third-order valence-electron chi connectivity index (χ3n) is 5.54. The van der Waals surface area contributed by atoms with Crippen molar-refractivity contribution in [3.05, 3.63) is 53.1 Å². The van der Waals surface area contributed by atoms with E-state index in [1.165, 1.54) is 5.56 Å². The second-order valence-electron chi connectivity index (χ2n) is 8.33. The fourth-order valence-electron chi connectivity index (χ4n) is 3.95. The lowest BCUT2D eigenvalue weighted by Crippen LogP contribution is -2.39. The first-order valence-electron chi connectivity index (χ1n) is 10.4. The minimum atomic E-state index is 0.0312. The van der Waals surface area contributed by atoms with Gasteiger partial charge in [0.1, 0.15) is 17.3 Å². The maximum absolute atomic E-state index is 12.5. The van der Waals surface area contributed by atoms with Crippen LogP contribution in [0.2, 0.25) is 0 Å². The SMILES string of the molecule is Cc1ccc2c(c1)Oc1ccc(C)cc1C(N1CCCN(C(=O)C(C)C)CC1)=N2. The Balaban J connectivity index is 1.72. The number of carbonyl (C=O) groups is 1. The topological polar surface area (TPSA) is 45.1 Å². The Labute approximate surface area is 173 Å². The fraction of sp³-hybridized carbons (Fsp3) is 0.417. The Morgan fingerprint density at radius 2 is 1.72 bits per heavy atom. The van der Waals surface area contributed by atoms with Crippen molar-refractivity contribution < 1.29 is 9.53 Å². The number of nitrogens with zero attached hydrogens (tertiary/aromatic N) is 3. The van der Waals surface area contributed by atoms with Crippen molar-refractivity contribution in [2.24, 2.45) is 10.9 Å². The Bertz CT molecular complexity index is 965. The number of fused-ring (bicyclic) bond motifs is 2. The molecule has 0 saturated carbocycles. The predicted octanol–water partition coefficient (Wildman–Crippen LogP) is 4.68. The van der Waals surface area contributed by atoms with E-state index in [4.69, 9.17) is 9.73 Å². The van der Waals surface area contributed by atoms with E-state index in [1.54, 1.807) is 0 Å². The number of carbonyl (C=O) groups excluding carboxylic acids is 1. The number of aryl methyl sites for hydroxylation is 2. The first-order valence-corrected chi connectivity index (χ1v) is 10.4. The molecule has 1 amide bonds. The summed E-state index contributed by atoms with van der Waals surface area (Å²) in [5.41, 5.74) is 4.18. The molecule has 0 aliphatic carbocycles. The molecule has 5 heteroatoms. The zero-order valence-electron chi connectivity index (χ0n) is 17.7. The third-order valence-corrected chi connectivity index (χ3v) is 5.54. The molecule has 0 aromatic heterocycles. The van der Waals surface area contributed by atoms with Gasteiger partial charge < -0.3 is 14.5 Å². The summed E-state index contributed by atoms with van der Waals surface area (Å²) in [5.74, 6) is 2.82. The average Bonchev–Trinajstić information content (AvgIpc) is 3.01. The third kappa shape index (κ3) is 4.00. The molecule has 2 heterocycles. The van der Waals surface area contributed by atoms with Gasteiger partial charge in [-0.15, -0.1) is 0 Å². The van der Waals surface area contributed by atoms with Crippen molar-refractivity contribution in [3.63, 3.8) is 0 Å². The fourth-order valence-corrected chi connectivity index (χ4v) is 3.95. The minimum Gasteiger partial charge on any atom is -0.454 e. The first-order chi connectivity index (χ1) is 13.9. The van der Waals surface area contributed by atoms with Gasteiger partial charge in [-0.1, -0.05) is 31.5 Å². The van der Waals surface area contributed by atoms with Gasteiger partial charge in [-0.25, -0.2) is 4.99 Å². The lowest BCUT2D eigenvalue weighted by molar-refractivity contribution is -0.134. The molecule has 2 aliphatic heterocycles. The minimum absolute atomic E-state index is 0.0312. The Kier molecular flexibility index (Phi) is 5.31. The number of benzene rings is 2. The Morgan fingerprint density at radius 1 is 0.966 bits per heavy atom. The molecule has 4 rings (SSSR count). The van der Waals surface area contributed by atoms with Gasteiger partial charge in [0.05, 0.1) is 5.56 Å². The van der Waals surface area contributed by atoms with E-state index >= 15 is 0 Å². The molecule has 2 aliphatic rings. The molecular formula is C24H29N3O2. The van der Waals surface area contributed by atoms with Crippen molar-refractivity contribution in [3.8, 4) is 11.5 Å². The van der Waals surface area contributed by atoms with Crippen LogP contribution < -0.4 is 4.74 Å². The van der Waals surface area contributed by atoms with E-state index < -0.39 is 0 Å². The van der Waals surface area contributed by atoms with Gasteiger partial charge in [-0.2, -0.15) is 0 Å². The average molecular weight is 392 g/mol. The van der Waals surface area contributed by atoms with Gasteiger partial charge in [0.25, 0.3) is 0 Å². The molecule has 0 unspecified atom stereocenters. The van der Waals surface area contributed by atoms with Gasteiger partial charge in [0, 0.05) is 32.1 Å². The van der Waals surface area contributed by atoms with Gasteiger partial charge in [-0.05, 0) is 50.1 Å². The van der Waals surface area contributed by atoms with Crippen LogP contribution in [0.3, 0.4) is 0 Å². The molecule has 5 nitrogen and oxygen atoms in total. The summed E-state index contributed by atoms with van der Waals surface area (Å²) in [6.07, 6.45) is 0.931. The molecule has 0 atom stereocenters. The number of amides is 1. The highest BCUT2D eigenvalue weighted by Crippen LogP contribution is 2.39. The highest BCUT2D eigenvalue weighted by atomic mass is 16.5. The molecule has 29 heavy (non-hydrogen) atoms. The van der Waals surface area contributed by atoms with Crippen molar-refractivity contribution in [2.75, 3.05) is 26.2 Å². The zero-order chi connectivity index (χ0) is 20.5. The summed E-state index contributed by atoms with van der Waals surface area (Å²) in [4.78, 5) is 21.8. The van der Waals surface area contributed by atoms with Crippen molar-refractivity contribution in [2.45, 2.75) is 34.1 Å². The molecule has 2 aromatic carbocycles. The lowest BCUT2D eigenvalue weighted by Gasteiger charge is -2.26. The van der Waals surface area contributed by atoms with Gasteiger partial charge in [0.2, 0.25) is 5.91 Å². The number of aliphatic imine (C=N–C) groups is 1. The number of hydrogen-bond acceptors (Lipinski definition) is 4. The highest BCUT2D eigenvalue weighted by molar-refractivity contribution is 6.04. The van der Waals surface area contributed by atoms with Crippen molar-refractivity contribution in [1.82, 2.24) is 9.80 Å². The van der Waals surface area contributed by atoms with E-state index in [1.807, 2.05) is 36.9 Å². The quantitative estimate of drug-likeness (QED) is 0.709. The lowest BCUT2D eigenvalue weighted by atomic mass is 10.1. The van der Waals surface area contributed by atoms with Crippen LogP contribution in [0.25, 0.3) is 0 Å². The Morgan fingerprint density at radius 3 is 2.52 bits per heavy atom. The van der Waals surface area contributed by atoms with Crippen LogP contribution in [-0.4, -0.2) is 47.7 Å². The standard InChI is InChI=1S/C24H29N3O2/c1-16(2)24(28)27-11-5-10-26(12-13-27)23-19-14-17(3)7-9-21(19)29-22-15-18(4)6-8-20(22)25-23/h6-9,14-16H,5,10-13H2,1-4H3. The van der Waals surface area contributed by atoms with Crippen LogP contribution in [0.1, 0.15) is 37.0 Å². The van der Waals surface area contributed by atoms with Crippen molar-refractivity contribution in [1.29, 1.82) is 0 Å². The number of hydrogen-bond donors (Lipinski definition) is 0. The van der Waals surface area contributed by atoms with Crippen LogP contribution in [0.5, 0.6) is 11.5 Å². The van der Waals surface area contributed by atoms with E-state index in [2.05, 4.69) is 36.9 Å². The summed E-state index contributed by atoms with van der Waals surface area (Å²) >= 11 is 0. The van der Waals surface area contributed by atoms with Crippen LogP contribution in [-0.2, 0) is 4.79 Å². The zero-order valence-corrected chi connectivity index (χ0v) is 17.7. The Hall–Kier alpha value is -2.82. The maximum Gasteiger partial charge on any atom is 0.225 e. The second kappa shape index (κ2) is 7.90. The molecule has 1 saturated heterocycles. The smallest absolute Gasteiger partial charge is 0.225 e. The monoisotopic (exact) mass is 391 g/mol. The van der Waals surface area contributed by atoms with Crippen molar-refractivity contribution >= 4 is 17.4 Å². The summed E-state index contributed by atoms with van der Waals surface area (Å²) in [7, 11) is 0. The molecule has 0 radical (unpaired) electrons. The number of ether oxygens (including phenoxy) is 1. The maximum atomic E-state index is 12.5. The summed E-state index contributed by atoms with van der Waals surface area (Å²) in [6.45, 7) is 11.2. The summed E-state index contributed by atoms with van der Waals surface area (Å²) in [5, 5.41) is 0. The number of rotatable bonds is 1. The normalized spacial score (nSPS) is 16.4. The molecule has 0 spiro atoms. The largest absolute Gasteiger partial charge is 0.454 e. The van der Waals surface area contributed by atoms with Crippen LogP contribution in [0, 0.1) is 19.8 Å². The molecular weight excluding hydrogens is 362 g/mol. The predicted molar refractivity (Wildman–Crippen MR) is 116 cm³/mol. The number of amidine groups is 1. The summed E-state index contributed by atoms with van der Waals surface area (Å²) in [6, 6.07) is 12.4. The molecule has 0 bridgehead atoms. The van der Waals surface area contributed by atoms with Crippen LogP contribution in [0.15, 0.2) is 41.4 Å².